The van der Waals surface area contributed by atoms with Crippen LogP contribution in [0.5, 0.6) is 0 Å². The number of aliphatic hydroxyl groups is 1. The Balaban J connectivity index is 2.27. The van der Waals surface area contributed by atoms with Crippen LogP contribution in [0.2, 0.25) is 0 Å². The lowest BCUT2D eigenvalue weighted by Gasteiger charge is -2.32. The largest absolute Gasteiger partial charge is 0.385 e. The highest BCUT2D eigenvalue weighted by molar-refractivity contribution is 7.91. The van der Waals surface area contributed by atoms with Crippen LogP contribution in [0.1, 0.15) is 24.0 Å². The molecule has 0 aromatic heterocycles. The average Bonchev–Trinajstić information content (AvgIpc) is 2.33. The summed E-state index contributed by atoms with van der Waals surface area (Å²) in [4.78, 5) is 0. The predicted octanol–water partition coefficient (Wildman–Crippen LogP) is 0.541. The third-order valence-electron chi connectivity index (χ3n) is 3.35. The lowest BCUT2D eigenvalue weighted by Crippen LogP contribution is -2.36. The Labute approximate surface area is 101 Å². The van der Waals surface area contributed by atoms with E-state index in [0.29, 0.717) is 6.54 Å². The molecule has 17 heavy (non-hydrogen) atoms. The van der Waals surface area contributed by atoms with Gasteiger partial charge >= 0.3 is 0 Å². The van der Waals surface area contributed by atoms with E-state index in [1.54, 1.807) is 0 Å². The first-order valence-corrected chi connectivity index (χ1v) is 7.50. The monoisotopic (exact) mass is 255 g/mol. The quantitative estimate of drug-likeness (QED) is 0.808. The molecule has 1 aromatic carbocycles. The van der Waals surface area contributed by atoms with Crippen molar-refractivity contribution in [3.63, 3.8) is 0 Å². The fourth-order valence-electron chi connectivity index (χ4n) is 2.15. The van der Waals surface area contributed by atoms with Crippen LogP contribution in [0, 0.1) is 0 Å². The standard InChI is InChI=1S/C12H17NO3S/c13-9-10-2-1-3-11(8-10)12(14)4-6-17(15,16)7-5-12/h1-3,8,14H,4-7,9,13H2. The Bertz CT molecular complexity index is 496. The van der Waals surface area contributed by atoms with Crippen LogP contribution < -0.4 is 5.73 Å². The van der Waals surface area contributed by atoms with Crippen molar-refractivity contribution < 1.29 is 13.5 Å². The highest BCUT2D eigenvalue weighted by atomic mass is 32.2. The molecule has 0 radical (unpaired) electrons. The Morgan fingerprint density at radius 2 is 1.94 bits per heavy atom. The zero-order valence-corrected chi connectivity index (χ0v) is 10.4. The summed E-state index contributed by atoms with van der Waals surface area (Å²) >= 11 is 0. The summed E-state index contributed by atoms with van der Waals surface area (Å²) in [6.45, 7) is 0.419. The summed E-state index contributed by atoms with van der Waals surface area (Å²) < 4.78 is 22.7. The summed E-state index contributed by atoms with van der Waals surface area (Å²) in [5.41, 5.74) is 6.26. The van der Waals surface area contributed by atoms with E-state index in [9.17, 15) is 13.5 Å². The molecule has 1 fully saturated rings. The first-order valence-electron chi connectivity index (χ1n) is 5.67. The van der Waals surface area contributed by atoms with Gasteiger partial charge in [0.25, 0.3) is 0 Å². The molecular weight excluding hydrogens is 238 g/mol. The van der Waals surface area contributed by atoms with Gasteiger partial charge in [-0.15, -0.1) is 0 Å². The third kappa shape index (κ3) is 2.68. The molecule has 1 aliphatic heterocycles. The third-order valence-corrected chi connectivity index (χ3v) is 5.01. The van der Waals surface area contributed by atoms with Crippen LogP contribution in [0.25, 0.3) is 0 Å². The molecule has 0 amide bonds. The summed E-state index contributed by atoms with van der Waals surface area (Å²) in [5, 5.41) is 10.5. The van der Waals surface area contributed by atoms with Crippen LogP contribution in [-0.2, 0) is 22.0 Å². The number of hydrogen-bond acceptors (Lipinski definition) is 4. The van der Waals surface area contributed by atoms with E-state index in [0.717, 1.165) is 11.1 Å². The number of benzene rings is 1. The van der Waals surface area contributed by atoms with E-state index >= 15 is 0 Å². The second-order valence-electron chi connectivity index (χ2n) is 4.59. The second-order valence-corrected chi connectivity index (χ2v) is 6.89. The SMILES string of the molecule is NCc1cccc(C2(O)CCS(=O)(=O)CC2)c1. The van der Waals surface area contributed by atoms with E-state index < -0.39 is 15.4 Å². The topological polar surface area (TPSA) is 80.4 Å². The molecule has 0 unspecified atom stereocenters. The van der Waals surface area contributed by atoms with Crippen LogP contribution in [0.3, 0.4) is 0 Å². The molecule has 3 N–H and O–H groups in total. The normalized spacial score (nSPS) is 22.2. The highest BCUT2D eigenvalue weighted by Crippen LogP contribution is 2.33. The van der Waals surface area contributed by atoms with Crippen LogP contribution in [0.4, 0.5) is 0 Å². The van der Waals surface area contributed by atoms with Gasteiger partial charge < -0.3 is 10.8 Å². The van der Waals surface area contributed by atoms with Crippen molar-refractivity contribution in [2.24, 2.45) is 5.73 Å². The molecule has 1 heterocycles. The van der Waals surface area contributed by atoms with Gasteiger partial charge in [0.2, 0.25) is 0 Å². The first-order chi connectivity index (χ1) is 7.95. The summed E-state index contributed by atoms with van der Waals surface area (Å²) in [6, 6.07) is 7.43. The van der Waals surface area contributed by atoms with E-state index in [2.05, 4.69) is 0 Å². The molecule has 4 nitrogen and oxygen atoms in total. The Kier molecular flexibility index (Phi) is 3.25. The van der Waals surface area contributed by atoms with Gasteiger partial charge in [-0.25, -0.2) is 8.42 Å². The zero-order chi connectivity index (χ0) is 12.5. The van der Waals surface area contributed by atoms with Gasteiger partial charge in [-0.3, -0.25) is 0 Å². The smallest absolute Gasteiger partial charge is 0.150 e. The minimum atomic E-state index is -2.96. The van der Waals surface area contributed by atoms with E-state index in [-0.39, 0.29) is 24.3 Å². The molecule has 1 aromatic rings. The Morgan fingerprint density at radius 3 is 2.53 bits per heavy atom. The highest BCUT2D eigenvalue weighted by Gasteiger charge is 2.36. The van der Waals surface area contributed by atoms with Crippen molar-refractivity contribution >= 4 is 9.84 Å². The lowest BCUT2D eigenvalue weighted by atomic mass is 9.87. The average molecular weight is 255 g/mol. The number of rotatable bonds is 2. The van der Waals surface area contributed by atoms with Crippen LogP contribution >= 0.6 is 0 Å². The minimum absolute atomic E-state index is 0.0519. The van der Waals surface area contributed by atoms with Gasteiger partial charge in [-0.2, -0.15) is 0 Å². The number of nitrogens with two attached hydrogens (primary N) is 1. The molecule has 94 valence electrons. The fourth-order valence-corrected chi connectivity index (χ4v) is 3.65. The molecule has 5 heteroatoms. The number of hydrogen-bond donors (Lipinski definition) is 2. The van der Waals surface area contributed by atoms with Crippen LogP contribution in [0.15, 0.2) is 24.3 Å². The summed E-state index contributed by atoms with van der Waals surface area (Å²) in [5.74, 6) is 0.104. The van der Waals surface area contributed by atoms with Crippen molar-refractivity contribution in [1.29, 1.82) is 0 Å². The maximum absolute atomic E-state index is 11.4. The van der Waals surface area contributed by atoms with Gasteiger partial charge in [0.1, 0.15) is 0 Å². The molecule has 0 aliphatic carbocycles. The zero-order valence-electron chi connectivity index (χ0n) is 9.59. The maximum atomic E-state index is 11.4. The Hall–Kier alpha value is -0.910. The Morgan fingerprint density at radius 1 is 1.29 bits per heavy atom. The van der Waals surface area contributed by atoms with Gasteiger partial charge in [-0.1, -0.05) is 24.3 Å². The molecule has 0 spiro atoms. The van der Waals surface area contributed by atoms with Crippen molar-refractivity contribution in [2.45, 2.75) is 25.0 Å². The van der Waals surface area contributed by atoms with Crippen molar-refractivity contribution in [2.75, 3.05) is 11.5 Å². The van der Waals surface area contributed by atoms with Crippen molar-refractivity contribution in [1.82, 2.24) is 0 Å². The minimum Gasteiger partial charge on any atom is -0.385 e. The second kappa shape index (κ2) is 4.40. The number of sulfone groups is 1. The fraction of sp³-hybridized carbons (Fsp3) is 0.500. The van der Waals surface area contributed by atoms with Gasteiger partial charge in [0, 0.05) is 6.54 Å². The van der Waals surface area contributed by atoms with Crippen molar-refractivity contribution in [3.05, 3.63) is 35.4 Å². The molecule has 0 bridgehead atoms. The van der Waals surface area contributed by atoms with Gasteiger partial charge in [-0.05, 0) is 24.0 Å². The molecule has 2 rings (SSSR count). The van der Waals surface area contributed by atoms with Gasteiger partial charge in [0.15, 0.2) is 9.84 Å². The summed E-state index contributed by atoms with van der Waals surface area (Å²) in [6.07, 6.45) is 0.534. The predicted molar refractivity (Wildman–Crippen MR) is 66.1 cm³/mol. The van der Waals surface area contributed by atoms with Crippen LogP contribution in [-0.4, -0.2) is 25.0 Å². The molecular formula is C12H17NO3S. The van der Waals surface area contributed by atoms with E-state index in [4.69, 9.17) is 5.73 Å². The lowest BCUT2D eigenvalue weighted by molar-refractivity contribution is 0.0263. The molecule has 1 saturated heterocycles. The molecule has 0 saturated carbocycles. The first kappa shape index (κ1) is 12.5. The molecule has 1 aliphatic rings. The van der Waals surface area contributed by atoms with Crippen molar-refractivity contribution in [3.8, 4) is 0 Å². The van der Waals surface area contributed by atoms with Gasteiger partial charge in [0.05, 0.1) is 17.1 Å². The van der Waals surface area contributed by atoms with E-state index in [1.807, 2.05) is 24.3 Å². The van der Waals surface area contributed by atoms with E-state index in [1.165, 1.54) is 0 Å². The summed E-state index contributed by atoms with van der Waals surface area (Å²) in [7, 11) is -2.96. The molecule has 0 atom stereocenters. The maximum Gasteiger partial charge on any atom is 0.150 e.